The van der Waals surface area contributed by atoms with E-state index in [-0.39, 0.29) is 11.8 Å². The number of benzene rings is 2. The maximum absolute atomic E-state index is 12.5. The van der Waals surface area contributed by atoms with Crippen molar-refractivity contribution >= 4 is 34.8 Å². The normalized spacial score (nSPS) is 14.4. The van der Waals surface area contributed by atoms with Gasteiger partial charge < -0.3 is 25.0 Å². The van der Waals surface area contributed by atoms with Gasteiger partial charge in [-0.05, 0) is 49.2 Å². The molecule has 2 amide bonds. The van der Waals surface area contributed by atoms with Crippen molar-refractivity contribution in [2.75, 3.05) is 31.0 Å². The molecule has 1 atom stereocenters. The van der Waals surface area contributed by atoms with E-state index in [9.17, 15) is 9.59 Å². The standard InChI is InChI=1S/C22H26ClN3O4/c1-14(22(28)24-13-15-6-9-19(29-2)20(11-15)30-3)25-16-7-8-18(17(23)12-16)26-10-4-5-21(26)27/h6-9,11-12,14,25H,4-5,10,13H2,1-3H3,(H,24,28)/t14-/m0/s1. The quantitative estimate of drug-likeness (QED) is 0.667. The minimum absolute atomic E-state index is 0.0838. The van der Waals surface area contributed by atoms with Gasteiger partial charge in [0.15, 0.2) is 11.5 Å². The molecule has 2 aromatic rings. The van der Waals surface area contributed by atoms with E-state index in [1.807, 2.05) is 24.3 Å². The number of halogens is 1. The number of nitrogens with one attached hydrogen (secondary N) is 2. The molecule has 1 fully saturated rings. The first-order chi connectivity index (χ1) is 14.4. The summed E-state index contributed by atoms with van der Waals surface area (Å²) in [6, 6.07) is 10.4. The van der Waals surface area contributed by atoms with Crippen LogP contribution in [0.2, 0.25) is 5.02 Å². The molecule has 0 aliphatic carbocycles. The Morgan fingerprint density at radius 2 is 1.93 bits per heavy atom. The Kier molecular flexibility index (Phi) is 7.05. The van der Waals surface area contributed by atoms with Crippen molar-refractivity contribution in [3.05, 3.63) is 47.0 Å². The molecular weight excluding hydrogens is 406 g/mol. The molecule has 0 bridgehead atoms. The van der Waals surface area contributed by atoms with E-state index in [0.717, 1.165) is 12.0 Å². The van der Waals surface area contributed by atoms with Gasteiger partial charge in [-0.25, -0.2) is 0 Å². The van der Waals surface area contributed by atoms with Crippen molar-refractivity contribution in [3.63, 3.8) is 0 Å². The van der Waals surface area contributed by atoms with Gasteiger partial charge in [0, 0.05) is 25.2 Å². The number of ether oxygens (including phenoxy) is 2. The van der Waals surface area contributed by atoms with Crippen LogP contribution < -0.4 is 25.0 Å². The second-order valence-corrected chi connectivity index (χ2v) is 7.50. The summed E-state index contributed by atoms with van der Waals surface area (Å²) in [5, 5.41) is 6.52. The van der Waals surface area contributed by atoms with Crippen LogP contribution in [0.1, 0.15) is 25.3 Å². The van der Waals surface area contributed by atoms with Crippen LogP contribution in [-0.2, 0) is 16.1 Å². The number of carbonyl (C=O) groups excluding carboxylic acids is 2. The number of carbonyl (C=O) groups is 2. The molecule has 7 nitrogen and oxygen atoms in total. The minimum atomic E-state index is -0.472. The van der Waals surface area contributed by atoms with Crippen LogP contribution in [0.25, 0.3) is 0 Å². The van der Waals surface area contributed by atoms with E-state index in [1.54, 1.807) is 38.2 Å². The Balaban J connectivity index is 1.58. The highest BCUT2D eigenvalue weighted by Crippen LogP contribution is 2.32. The maximum atomic E-state index is 12.5. The van der Waals surface area contributed by atoms with Crippen molar-refractivity contribution in [2.45, 2.75) is 32.4 Å². The van der Waals surface area contributed by atoms with Gasteiger partial charge in [-0.15, -0.1) is 0 Å². The van der Waals surface area contributed by atoms with Crippen molar-refractivity contribution in [2.24, 2.45) is 0 Å². The number of methoxy groups -OCH3 is 2. The summed E-state index contributed by atoms with van der Waals surface area (Å²) in [7, 11) is 3.15. The maximum Gasteiger partial charge on any atom is 0.242 e. The number of anilines is 2. The molecule has 1 aliphatic rings. The zero-order valence-electron chi connectivity index (χ0n) is 17.3. The van der Waals surface area contributed by atoms with Gasteiger partial charge in [0.2, 0.25) is 11.8 Å². The van der Waals surface area contributed by atoms with Gasteiger partial charge in [0.25, 0.3) is 0 Å². The Labute approximate surface area is 181 Å². The molecule has 0 radical (unpaired) electrons. The number of hydrogen-bond acceptors (Lipinski definition) is 5. The molecule has 0 unspecified atom stereocenters. The first-order valence-electron chi connectivity index (χ1n) is 9.78. The van der Waals surface area contributed by atoms with E-state index in [2.05, 4.69) is 10.6 Å². The van der Waals surface area contributed by atoms with Crippen LogP contribution in [-0.4, -0.2) is 38.6 Å². The molecule has 0 spiro atoms. The molecule has 3 rings (SSSR count). The third-order valence-electron chi connectivity index (χ3n) is 5.00. The van der Waals surface area contributed by atoms with Gasteiger partial charge in [0.05, 0.1) is 24.9 Å². The summed E-state index contributed by atoms with van der Waals surface area (Å²) in [6.07, 6.45) is 1.39. The lowest BCUT2D eigenvalue weighted by Gasteiger charge is -2.20. The second-order valence-electron chi connectivity index (χ2n) is 7.09. The molecule has 30 heavy (non-hydrogen) atoms. The monoisotopic (exact) mass is 431 g/mol. The van der Waals surface area contributed by atoms with Crippen molar-refractivity contribution in [3.8, 4) is 11.5 Å². The Morgan fingerprint density at radius 3 is 2.57 bits per heavy atom. The molecular formula is C22H26ClN3O4. The van der Waals surface area contributed by atoms with Gasteiger partial charge in [-0.2, -0.15) is 0 Å². The van der Waals surface area contributed by atoms with E-state index >= 15 is 0 Å². The highest BCUT2D eigenvalue weighted by atomic mass is 35.5. The number of amides is 2. The number of hydrogen-bond donors (Lipinski definition) is 2. The predicted octanol–water partition coefficient (Wildman–Crippen LogP) is 3.60. The largest absolute Gasteiger partial charge is 0.493 e. The molecule has 1 saturated heterocycles. The summed E-state index contributed by atoms with van der Waals surface area (Å²) in [4.78, 5) is 26.1. The number of nitrogens with zero attached hydrogens (tertiary/aromatic N) is 1. The molecule has 1 aliphatic heterocycles. The zero-order valence-corrected chi connectivity index (χ0v) is 18.1. The first kappa shape index (κ1) is 21.8. The lowest BCUT2D eigenvalue weighted by atomic mass is 10.2. The average Bonchev–Trinajstić information content (AvgIpc) is 3.17. The van der Waals surface area contributed by atoms with Crippen molar-refractivity contribution in [1.82, 2.24) is 5.32 Å². The lowest BCUT2D eigenvalue weighted by molar-refractivity contribution is -0.121. The van der Waals surface area contributed by atoms with E-state index in [0.29, 0.717) is 47.4 Å². The zero-order chi connectivity index (χ0) is 21.7. The summed E-state index contributed by atoms with van der Waals surface area (Å²) >= 11 is 6.38. The van der Waals surface area contributed by atoms with Crippen LogP contribution in [0.3, 0.4) is 0 Å². The average molecular weight is 432 g/mol. The predicted molar refractivity (Wildman–Crippen MR) is 118 cm³/mol. The Hall–Kier alpha value is -2.93. The molecule has 8 heteroatoms. The smallest absolute Gasteiger partial charge is 0.242 e. The first-order valence-corrected chi connectivity index (χ1v) is 10.2. The third-order valence-corrected chi connectivity index (χ3v) is 5.31. The molecule has 2 N–H and O–H groups in total. The molecule has 2 aromatic carbocycles. The molecule has 1 heterocycles. The van der Waals surface area contributed by atoms with Crippen LogP contribution in [0.15, 0.2) is 36.4 Å². The Bertz CT molecular complexity index is 935. The van der Waals surface area contributed by atoms with E-state index in [1.165, 1.54) is 0 Å². The molecule has 0 aromatic heterocycles. The van der Waals surface area contributed by atoms with E-state index in [4.69, 9.17) is 21.1 Å². The van der Waals surface area contributed by atoms with Gasteiger partial charge in [-0.1, -0.05) is 17.7 Å². The van der Waals surface area contributed by atoms with Gasteiger partial charge >= 0.3 is 0 Å². The summed E-state index contributed by atoms with van der Waals surface area (Å²) in [5.41, 5.74) is 2.32. The SMILES string of the molecule is COc1ccc(CNC(=O)[C@H](C)Nc2ccc(N3CCCC3=O)c(Cl)c2)cc1OC. The molecule has 0 saturated carbocycles. The highest BCUT2D eigenvalue weighted by molar-refractivity contribution is 6.34. The fourth-order valence-electron chi connectivity index (χ4n) is 3.37. The number of rotatable bonds is 8. The van der Waals surface area contributed by atoms with Gasteiger partial charge in [-0.3, -0.25) is 9.59 Å². The lowest BCUT2D eigenvalue weighted by Crippen LogP contribution is -2.37. The van der Waals surface area contributed by atoms with Gasteiger partial charge in [0.1, 0.15) is 6.04 Å². The minimum Gasteiger partial charge on any atom is -0.493 e. The summed E-state index contributed by atoms with van der Waals surface area (Å²) < 4.78 is 10.5. The van der Waals surface area contributed by atoms with Crippen LogP contribution >= 0.6 is 11.6 Å². The fourth-order valence-corrected chi connectivity index (χ4v) is 3.65. The fraction of sp³-hybridized carbons (Fsp3) is 0.364. The highest BCUT2D eigenvalue weighted by Gasteiger charge is 2.24. The molecule has 160 valence electrons. The van der Waals surface area contributed by atoms with Crippen molar-refractivity contribution in [1.29, 1.82) is 0 Å². The summed E-state index contributed by atoms with van der Waals surface area (Å²) in [5.74, 6) is 1.18. The second kappa shape index (κ2) is 9.71. The van der Waals surface area contributed by atoms with Crippen LogP contribution in [0.4, 0.5) is 11.4 Å². The Morgan fingerprint density at radius 1 is 1.17 bits per heavy atom. The topological polar surface area (TPSA) is 79.9 Å². The van der Waals surface area contributed by atoms with Crippen LogP contribution in [0.5, 0.6) is 11.5 Å². The summed E-state index contributed by atoms with van der Waals surface area (Å²) in [6.45, 7) is 2.82. The third kappa shape index (κ3) is 4.97. The van der Waals surface area contributed by atoms with Crippen molar-refractivity contribution < 1.29 is 19.1 Å². The van der Waals surface area contributed by atoms with Crippen LogP contribution in [0, 0.1) is 0 Å². The van der Waals surface area contributed by atoms with E-state index < -0.39 is 6.04 Å².